The first-order valence-corrected chi connectivity index (χ1v) is 25.3. The van der Waals surface area contributed by atoms with E-state index in [1.165, 1.54) is 0 Å². The minimum Gasteiger partial charge on any atom is -0.488 e. The molecule has 0 saturated carbocycles. The summed E-state index contributed by atoms with van der Waals surface area (Å²) < 4.78 is 56.3. The maximum Gasteiger partial charge on any atom is 0.127 e. The van der Waals surface area contributed by atoms with Gasteiger partial charge in [-0.05, 0) is 68.8 Å². The fraction of sp³-hybridized carbons (Fsp3) is 0.250. The Morgan fingerprint density at radius 1 is 0.222 bits per heavy atom. The number of benzene rings is 8. The van der Waals surface area contributed by atoms with E-state index in [1.54, 1.807) is 0 Å². The van der Waals surface area contributed by atoms with Gasteiger partial charge in [-0.15, -0.1) is 0 Å². The van der Waals surface area contributed by atoms with Crippen molar-refractivity contribution in [2.75, 3.05) is 0 Å². The molecule has 360 valence electrons. The van der Waals surface area contributed by atoms with Gasteiger partial charge >= 0.3 is 0 Å². The van der Waals surface area contributed by atoms with Crippen molar-refractivity contribution in [1.82, 2.24) is 0 Å². The summed E-state index contributed by atoms with van der Waals surface area (Å²) in [4.78, 5) is 0. The Morgan fingerprint density at radius 3 is 0.500 bits per heavy atom. The topological polar surface area (TPSA) is 73.8 Å². The van der Waals surface area contributed by atoms with Gasteiger partial charge in [0, 0.05) is 92.4 Å². The number of hydrogen-bond acceptors (Lipinski definition) is 8. The lowest BCUT2D eigenvalue weighted by atomic mass is 9.80. The third kappa shape index (κ3) is 7.84. The van der Waals surface area contributed by atoms with E-state index in [-0.39, 0.29) is 23.7 Å². The summed E-state index contributed by atoms with van der Waals surface area (Å²) in [5, 5.41) is 0. The fourth-order valence-electron chi connectivity index (χ4n) is 11.4. The Kier molecular flexibility index (Phi) is 11.1. The summed E-state index contributed by atoms with van der Waals surface area (Å²) in [6.45, 7) is 11.9. The van der Waals surface area contributed by atoms with Crippen LogP contribution < -0.4 is 37.9 Å². The Labute approximate surface area is 421 Å². The van der Waals surface area contributed by atoms with Crippen LogP contribution in [0.25, 0.3) is 0 Å². The third-order valence-electron chi connectivity index (χ3n) is 15.8. The van der Waals surface area contributed by atoms with Gasteiger partial charge in [0.1, 0.15) is 98.9 Å². The third-order valence-corrected chi connectivity index (χ3v) is 15.8. The van der Waals surface area contributed by atoms with Crippen molar-refractivity contribution < 1.29 is 37.9 Å². The van der Waals surface area contributed by atoms with E-state index < -0.39 is 0 Å². The molecule has 0 saturated heterocycles. The van der Waals surface area contributed by atoms with Crippen LogP contribution in [0.4, 0.5) is 0 Å². The monoisotopic (exact) mass is 952 g/mol. The molecule has 0 aromatic heterocycles. The highest BCUT2D eigenvalue weighted by Gasteiger charge is 2.33. The van der Waals surface area contributed by atoms with E-state index in [2.05, 4.69) is 173 Å². The molecule has 0 spiro atoms. The smallest absolute Gasteiger partial charge is 0.127 e. The van der Waals surface area contributed by atoms with Gasteiger partial charge in [-0.3, -0.25) is 0 Å². The van der Waals surface area contributed by atoms with Gasteiger partial charge in [-0.2, -0.15) is 0 Å². The normalized spacial score (nSPS) is 19.3. The summed E-state index contributed by atoms with van der Waals surface area (Å²) in [7, 11) is 0. The largest absolute Gasteiger partial charge is 0.488 e. The Hall–Kier alpha value is -7.84. The van der Waals surface area contributed by atoms with Gasteiger partial charge in [-0.25, -0.2) is 0 Å². The molecule has 0 radical (unpaired) electrons. The summed E-state index contributed by atoms with van der Waals surface area (Å²) in [6.07, 6.45) is 0. The molecule has 8 aromatic carbocycles. The van der Waals surface area contributed by atoms with Crippen LogP contribution >= 0.6 is 0 Å². The van der Waals surface area contributed by atoms with Gasteiger partial charge < -0.3 is 37.9 Å². The molecule has 1 aliphatic carbocycles. The molecule has 0 fully saturated rings. The van der Waals surface area contributed by atoms with Crippen molar-refractivity contribution in [2.45, 2.75) is 104 Å². The lowest BCUT2D eigenvalue weighted by Crippen LogP contribution is -2.12. The summed E-state index contributed by atoms with van der Waals surface area (Å²) in [5.41, 5.74) is 16.6. The highest BCUT2D eigenvalue weighted by Crippen LogP contribution is 2.52. The fourth-order valence-corrected chi connectivity index (χ4v) is 11.4. The molecule has 0 atom stereocenters. The molecule has 4 aliphatic heterocycles. The molecule has 8 aromatic rings. The van der Waals surface area contributed by atoms with Crippen molar-refractivity contribution in [3.63, 3.8) is 0 Å². The maximum absolute atomic E-state index is 7.04. The standard InChI is InChI=1S/C64H56O8/c1-37-49-21-51-38(2)53-23-55-40(4)56-24-54-39(3)52-22-50(37)58-26-60(52)68-32-44-16-8-10-18-46(44)34-70-62(54)28-64(56)72-36-48-20-12-11-19-47(48)35-71-63(55)27-61(53)69-33-45-17-9-7-15-43(45)31-67-59(51)25-57(49)65-29-41-13-5-6-14-42(41)30-66-58/h5-28,37-40H,29-36H2,1-4H3. The minimum atomic E-state index is -0.204. The molecular weight excluding hydrogens is 897 g/mol. The van der Waals surface area contributed by atoms with E-state index in [9.17, 15) is 0 Å². The van der Waals surface area contributed by atoms with Crippen molar-refractivity contribution in [3.8, 4) is 46.0 Å². The molecule has 0 N–H and O–H groups in total. The first-order valence-electron chi connectivity index (χ1n) is 25.3. The molecule has 0 amide bonds. The summed E-state index contributed by atoms with van der Waals surface area (Å²) in [5.74, 6) is 5.25. The summed E-state index contributed by atoms with van der Waals surface area (Å²) in [6, 6.07) is 51.3. The van der Waals surface area contributed by atoms with Crippen molar-refractivity contribution in [2.24, 2.45) is 0 Å². The van der Waals surface area contributed by atoms with E-state index >= 15 is 0 Å². The second kappa shape index (κ2) is 18.1. The zero-order chi connectivity index (χ0) is 48.5. The predicted octanol–water partition coefficient (Wildman–Crippen LogP) is 14.5. The molecule has 5 aliphatic rings. The zero-order valence-corrected chi connectivity index (χ0v) is 41.1. The van der Waals surface area contributed by atoms with E-state index in [0.29, 0.717) is 52.9 Å². The lowest BCUT2D eigenvalue weighted by molar-refractivity contribution is 0.271. The van der Waals surface area contributed by atoms with Crippen molar-refractivity contribution in [3.05, 3.63) is 235 Å². The molecular formula is C64H56O8. The molecule has 8 heteroatoms. The van der Waals surface area contributed by atoms with Crippen LogP contribution in [0.5, 0.6) is 46.0 Å². The van der Waals surface area contributed by atoms with E-state index in [1.807, 2.05) is 0 Å². The van der Waals surface area contributed by atoms with Crippen LogP contribution in [0.3, 0.4) is 0 Å². The number of fused-ring (bicyclic) bond motifs is 4. The van der Waals surface area contributed by atoms with Crippen molar-refractivity contribution >= 4 is 0 Å². The average Bonchev–Trinajstić information content (AvgIpc) is 3.47. The number of rotatable bonds is 0. The van der Waals surface area contributed by atoms with Gasteiger partial charge in [-0.1, -0.05) is 125 Å². The first-order chi connectivity index (χ1) is 35.3. The van der Waals surface area contributed by atoms with Crippen LogP contribution in [-0.2, 0) is 52.9 Å². The predicted molar refractivity (Wildman–Crippen MR) is 276 cm³/mol. The molecule has 72 heavy (non-hydrogen) atoms. The van der Waals surface area contributed by atoms with Crippen LogP contribution in [-0.4, -0.2) is 0 Å². The highest BCUT2D eigenvalue weighted by molar-refractivity contribution is 5.63. The second-order valence-electron chi connectivity index (χ2n) is 20.0. The van der Waals surface area contributed by atoms with Gasteiger partial charge in [0.2, 0.25) is 0 Å². The zero-order valence-electron chi connectivity index (χ0n) is 41.1. The second-order valence-corrected chi connectivity index (χ2v) is 20.0. The van der Waals surface area contributed by atoms with Gasteiger partial charge in [0.25, 0.3) is 0 Å². The van der Waals surface area contributed by atoms with Crippen molar-refractivity contribution in [1.29, 1.82) is 0 Å². The Morgan fingerprint density at radius 2 is 0.361 bits per heavy atom. The number of ether oxygens (including phenoxy) is 8. The van der Waals surface area contributed by atoms with Crippen LogP contribution in [0.1, 0.15) is 140 Å². The van der Waals surface area contributed by atoms with Crippen LogP contribution in [0, 0.1) is 0 Å². The van der Waals surface area contributed by atoms with E-state index in [0.717, 1.165) is 135 Å². The number of hydrogen-bond donors (Lipinski definition) is 0. The molecule has 8 bridgehead atoms. The SMILES string of the molecule is CC1c2cc3c4cc2OCc2ccccc2COc2cc5c(cc21)C(C)c1cc2c(cc1OCc1ccccc1CO5)OCc1ccccc1COc1cc(c(cc1C2C)C3C)OCc1ccccc1CO4. The summed E-state index contributed by atoms with van der Waals surface area (Å²) >= 11 is 0. The lowest BCUT2D eigenvalue weighted by Gasteiger charge is -2.29. The maximum atomic E-state index is 7.04. The average molecular weight is 953 g/mol. The van der Waals surface area contributed by atoms with Crippen LogP contribution in [0.2, 0.25) is 0 Å². The van der Waals surface area contributed by atoms with Gasteiger partial charge in [0.05, 0.1) is 0 Å². The molecule has 8 nitrogen and oxygen atoms in total. The Bertz CT molecular complexity index is 2770. The Balaban J connectivity index is 1.13. The first kappa shape index (κ1) is 44.1. The molecule has 13 rings (SSSR count). The quantitative estimate of drug-likeness (QED) is 0.149. The highest BCUT2D eigenvalue weighted by atomic mass is 16.5. The molecule has 4 heterocycles. The minimum absolute atomic E-state index is 0.204. The van der Waals surface area contributed by atoms with Gasteiger partial charge in [0.15, 0.2) is 0 Å². The molecule has 0 unspecified atom stereocenters. The van der Waals surface area contributed by atoms with Crippen LogP contribution in [0.15, 0.2) is 146 Å². The van der Waals surface area contributed by atoms with E-state index in [4.69, 9.17) is 37.9 Å².